The zero-order chi connectivity index (χ0) is 13.1. The highest BCUT2D eigenvalue weighted by Gasteiger charge is 2.12. The summed E-state index contributed by atoms with van der Waals surface area (Å²) in [4.78, 5) is 16.0. The maximum absolute atomic E-state index is 12.0. The number of rotatable bonds is 3. The Morgan fingerprint density at radius 3 is 3.00 bits per heavy atom. The molecule has 94 valence electrons. The van der Waals surface area contributed by atoms with Crippen molar-refractivity contribution in [3.63, 3.8) is 0 Å². The van der Waals surface area contributed by atoms with Crippen molar-refractivity contribution in [1.29, 1.82) is 0 Å². The van der Waals surface area contributed by atoms with Crippen LogP contribution in [-0.2, 0) is 6.54 Å². The second kappa shape index (κ2) is 5.10. The zero-order valence-electron chi connectivity index (χ0n) is 9.85. The molecule has 0 radical (unpaired) electrons. The van der Waals surface area contributed by atoms with Crippen molar-refractivity contribution < 1.29 is 4.79 Å². The van der Waals surface area contributed by atoms with Crippen molar-refractivity contribution in [2.45, 2.75) is 13.5 Å². The minimum absolute atomic E-state index is 0.261. The van der Waals surface area contributed by atoms with Crippen LogP contribution in [0.3, 0.4) is 0 Å². The van der Waals surface area contributed by atoms with Gasteiger partial charge in [-0.05, 0) is 25.1 Å². The lowest BCUT2D eigenvalue weighted by molar-refractivity contribution is 0.101. The highest BCUT2D eigenvalue weighted by Crippen LogP contribution is 2.14. The molecule has 0 spiro atoms. The first-order valence-electron chi connectivity index (χ1n) is 5.49. The molecule has 5 nitrogen and oxygen atoms in total. The number of hydrogen-bond donors (Lipinski definition) is 2. The molecule has 18 heavy (non-hydrogen) atoms. The number of nitrogens with zero attached hydrogens (tertiary/aromatic N) is 2. The van der Waals surface area contributed by atoms with E-state index in [1.807, 2.05) is 6.92 Å². The summed E-state index contributed by atoms with van der Waals surface area (Å²) in [6.45, 7) is 2.61. The summed E-state index contributed by atoms with van der Waals surface area (Å²) < 4.78 is 1.77. The molecule has 6 heteroatoms. The van der Waals surface area contributed by atoms with E-state index in [1.54, 1.807) is 35.0 Å². The van der Waals surface area contributed by atoms with Crippen molar-refractivity contribution in [3.8, 4) is 0 Å². The largest absolute Gasteiger partial charge is 0.397 e. The number of halogens is 1. The summed E-state index contributed by atoms with van der Waals surface area (Å²) in [6.07, 6.45) is 1.72. The van der Waals surface area contributed by atoms with E-state index in [4.69, 9.17) is 17.3 Å². The second-order valence-electron chi connectivity index (χ2n) is 3.74. The molecule has 2 heterocycles. The van der Waals surface area contributed by atoms with Gasteiger partial charge in [-0.2, -0.15) is 0 Å². The van der Waals surface area contributed by atoms with Gasteiger partial charge in [-0.15, -0.1) is 0 Å². The van der Waals surface area contributed by atoms with E-state index in [0.717, 1.165) is 0 Å². The lowest BCUT2D eigenvalue weighted by Crippen LogP contribution is -2.17. The average molecular weight is 265 g/mol. The predicted octanol–water partition coefficient (Wildman–Crippen LogP) is 2.39. The molecule has 2 rings (SSSR count). The smallest absolute Gasteiger partial charge is 0.273 e. The molecular weight excluding hydrogens is 252 g/mol. The monoisotopic (exact) mass is 264 g/mol. The number of carbonyl (C=O) groups is 1. The Morgan fingerprint density at radius 1 is 1.56 bits per heavy atom. The van der Waals surface area contributed by atoms with Crippen molar-refractivity contribution in [2.75, 3.05) is 11.1 Å². The van der Waals surface area contributed by atoms with E-state index in [2.05, 4.69) is 10.3 Å². The topological polar surface area (TPSA) is 72.9 Å². The molecule has 0 unspecified atom stereocenters. The van der Waals surface area contributed by atoms with Crippen molar-refractivity contribution in [2.24, 2.45) is 0 Å². The Bertz CT molecular complexity index is 579. The Kier molecular flexibility index (Phi) is 3.53. The SMILES string of the molecule is CCn1cc(N)cc1C(=O)Nc1cccc(Cl)n1. The molecule has 2 aromatic heterocycles. The number of anilines is 2. The van der Waals surface area contributed by atoms with Gasteiger partial charge in [0.05, 0.1) is 5.69 Å². The molecule has 0 saturated heterocycles. The first-order chi connectivity index (χ1) is 8.60. The highest BCUT2D eigenvalue weighted by atomic mass is 35.5. The Morgan fingerprint density at radius 2 is 2.33 bits per heavy atom. The number of amides is 1. The summed E-state index contributed by atoms with van der Waals surface area (Å²) >= 11 is 5.75. The van der Waals surface area contributed by atoms with Crippen LogP contribution in [-0.4, -0.2) is 15.5 Å². The molecule has 0 aromatic carbocycles. The predicted molar refractivity (Wildman–Crippen MR) is 71.7 cm³/mol. The maximum atomic E-state index is 12.0. The van der Waals surface area contributed by atoms with Crippen LogP contribution in [0.2, 0.25) is 5.15 Å². The van der Waals surface area contributed by atoms with Gasteiger partial charge in [-0.25, -0.2) is 4.98 Å². The van der Waals surface area contributed by atoms with Gasteiger partial charge in [-0.3, -0.25) is 4.79 Å². The van der Waals surface area contributed by atoms with Crippen molar-refractivity contribution >= 4 is 29.0 Å². The van der Waals surface area contributed by atoms with Gasteiger partial charge in [0.1, 0.15) is 16.7 Å². The number of nitrogen functional groups attached to an aromatic ring is 1. The fourth-order valence-corrected chi connectivity index (χ4v) is 1.81. The Hall–Kier alpha value is -2.01. The van der Waals surface area contributed by atoms with Crippen LogP contribution in [0.15, 0.2) is 30.5 Å². The summed E-state index contributed by atoms with van der Waals surface area (Å²) in [5.41, 5.74) is 6.73. The number of nitrogens with one attached hydrogen (secondary N) is 1. The first kappa shape index (κ1) is 12.4. The molecule has 3 N–H and O–H groups in total. The average Bonchev–Trinajstić information content (AvgIpc) is 2.70. The minimum atomic E-state index is -0.261. The molecule has 0 saturated carbocycles. The number of carbonyl (C=O) groups excluding carboxylic acids is 1. The summed E-state index contributed by atoms with van der Waals surface area (Å²) in [6, 6.07) is 6.66. The van der Waals surface area contributed by atoms with Crippen LogP contribution in [0.5, 0.6) is 0 Å². The molecule has 0 atom stereocenters. The molecule has 0 bridgehead atoms. The molecule has 0 aliphatic heterocycles. The minimum Gasteiger partial charge on any atom is -0.397 e. The Labute approximate surface area is 110 Å². The normalized spacial score (nSPS) is 10.3. The third-order valence-electron chi connectivity index (χ3n) is 2.45. The number of hydrogen-bond acceptors (Lipinski definition) is 3. The van der Waals surface area contributed by atoms with Crippen LogP contribution >= 0.6 is 11.6 Å². The van der Waals surface area contributed by atoms with Crippen LogP contribution in [0.1, 0.15) is 17.4 Å². The van der Waals surface area contributed by atoms with Gasteiger partial charge in [0.15, 0.2) is 0 Å². The first-order valence-corrected chi connectivity index (χ1v) is 5.87. The summed E-state index contributed by atoms with van der Waals surface area (Å²) in [5.74, 6) is 0.151. The summed E-state index contributed by atoms with van der Waals surface area (Å²) in [7, 11) is 0. The van der Waals surface area contributed by atoms with Gasteiger partial charge < -0.3 is 15.6 Å². The van der Waals surface area contributed by atoms with E-state index >= 15 is 0 Å². The number of nitrogens with two attached hydrogens (primary N) is 1. The lowest BCUT2D eigenvalue weighted by atomic mass is 10.3. The molecule has 0 aliphatic carbocycles. The van der Waals surface area contributed by atoms with Crippen LogP contribution in [0, 0.1) is 0 Å². The maximum Gasteiger partial charge on any atom is 0.273 e. The van der Waals surface area contributed by atoms with Gasteiger partial charge in [0.25, 0.3) is 5.91 Å². The van der Waals surface area contributed by atoms with Crippen LogP contribution in [0.25, 0.3) is 0 Å². The Balaban J connectivity index is 2.21. The molecular formula is C12H13ClN4O. The van der Waals surface area contributed by atoms with Crippen molar-refractivity contribution in [3.05, 3.63) is 41.3 Å². The molecule has 1 amide bonds. The van der Waals surface area contributed by atoms with Gasteiger partial charge >= 0.3 is 0 Å². The number of pyridine rings is 1. The van der Waals surface area contributed by atoms with E-state index in [0.29, 0.717) is 28.9 Å². The lowest BCUT2D eigenvalue weighted by Gasteiger charge is -2.07. The third kappa shape index (κ3) is 2.62. The van der Waals surface area contributed by atoms with Gasteiger partial charge in [0.2, 0.25) is 0 Å². The quantitative estimate of drug-likeness (QED) is 0.836. The van der Waals surface area contributed by atoms with E-state index in [1.165, 1.54) is 0 Å². The fourth-order valence-electron chi connectivity index (χ4n) is 1.64. The fraction of sp³-hybridized carbons (Fsp3) is 0.167. The van der Waals surface area contributed by atoms with Crippen LogP contribution < -0.4 is 11.1 Å². The highest BCUT2D eigenvalue weighted by molar-refractivity contribution is 6.29. The van der Waals surface area contributed by atoms with E-state index in [-0.39, 0.29) is 5.91 Å². The molecule has 0 aliphatic rings. The standard InChI is InChI=1S/C12H13ClN4O/c1-2-17-7-8(14)6-9(17)12(18)16-11-5-3-4-10(13)15-11/h3-7H,2,14H2,1H3,(H,15,16,18). The molecule has 2 aromatic rings. The zero-order valence-corrected chi connectivity index (χ0v) is 10.6. The number of aromatic nitrogens is 2. The molecule has 0 fully saturated rings. The van der Waals surface area contributed by atoms with Crippen LogP contribution in [0.4, 0.5) is 11.5 Å². The van der Waals surface area contributed by atoms with Crippen molar-refractivity contribution in [1.82, 2.24) is 9.55 Å². The summed E-state index contributed by atoms with van der Waals surface area (Å²) in [5, 5.41) is 3.01. The van der Waals surface area contributed by atoms with Gasteiger partial charge in [-0.1, -0.05) is 17.7 Å². The van der Waals surface area contributed by atoms with E-state index < -0.39 is 0 Å². The third-order valence-corrected chi connectivity index (χ3v) is 2.66. The van der Waals surface area contributed by atoms with E-state index in [9.17, 15) is 4.79 Å². The second-order valence-corrected chi connectivity index (χ2v) is 4.13. The number of aryl methyl sites for hydroxylation is 1. The van der Waals surface area contributed by atoms with Gasteiger partial charge in [0, 0.05) is 12.7 Å².